The van der Waals surface area contributed by atoms with Crippen molar-refractivity contribution in [2.24, 2.45) is 4.99 Å². The van der Waals surface area contributed by atoms with E-state index in [1.54, 1.807) is 26.3 Å². The van der Waals surface area contributed by atoms with Gasteiger partial charge in [0.05, 0.1) is 13.7 Å². The third-order valence-corrected chi connectivity index (χ3v) is 2.93. The molecule has 0 aromatic heterocycles. The van der Waals surface area contributed by atoms with Gasteiger partial charge in [-0.15, -0.1) is 0 Å². The van der Waals surface area contributed by atoms with Crippen molar-refractivity contribution in [2.45, 2.75) is 26.1 Å². The number of methoxy groups -OCH3 is 2. The van der Waals surface area contributed by atoms with Gasteiger partial charge in [0.2, 0.25) is 0 Å². The van der Waals surface area contributed by atoms with E-state index >= 15 is 0 Å². The van der Waals surface area contributed by atoms with Crippen LogP contribution in [0.4, 0.5) is 8.78 Å². The molecule has 0 radical (unpaired) electrons. The van der Waals surface area contributed by atoms with Crippen molar-refractivity contribution in [2.75, 3.05) is 27.9 Å². The highest BCUT2D eigenvalue weighted by molar-refractivity contribution is 5.79. The van der Waals surface area contributed by atoms with Gasteiger partial charge in [-0.1, -0.05) is 6.07 Å². The number of benzene rings is 1. The summed E-state index contributed by atoms with van der Waals surface area (Å²) in [6, 6.07) is 4.93. The number of ether oxygens (including phenoxy) is 3. The minimum atomic E-state index is -2.91. The molecule has 0 aliphatic heterocycles. The Labute approximate surface area is 134 Å². The maximum absolute atomic E-state index is 12.4. The minimum Gasteiger partial charge on any atom is -0.493 e. The van der Waals surface area contributed by atoms with Crippen LogP contribution in [0.25, 0.3) is 0 Å². The van der Waals surface area contributed by atoms with E-state index in [2.05, 4.69) is 20.4 Å². The number of nitrogens with zero attached hydrogens (tertiary/aromatic N) is 1. The lowest BCUT2D eigenvalue weighted by molar-refractivity contribution is -0.0512. The monoisotopic (exact) mass is 331 g/mol. The number of rotatable bonds is 8. The second-order valence-electron chi connectivity index (χ2n) is 4.79. The van der Waals surface area contributed by atoms with E-state index < -0.39 is 6.61 Å². The van der Waals surface area contributed by atoms with E-state index in [-0.39, 0.29) is 17.5 Å². The molecule has 8 heteroatoms. The molecule has 0 aliphatic carbocycles. The number of aliphatic imine (C=N–C) groups is 1. The van der Waals surface area contributed by atoms with Crippen molar-refractivity contribution >= 4 is 5.96 Å². The number of guanidine groups is 1. The van der Waals surface area contributed by atoms with Crippen LogP contribution in [0.2, 0.25) is 0 Å². The molecule has 1 atom stereocenters. The average molecular weight is 331 g/mol. The molecule has 0 saturated heterocycles. The largest absolute Gasteiger partial charge is 0.493 e. The Kier molecular flexibility index (Phi) is 8.10. The Morgan fingerprint density at radius 2 is 2.00 bits per heavy atom. The smallest absolute Gasteiger partial charge is 0.387 e. The van der Waals surface area contributed by atoms with Gasteiger partial charge in [-0.05, 0) is 24.6 Å². The molecule has 1 unspecified atom stereocenters. The van der Waals surface area contributed by atoms with E-state index in [1.807, 2.05) is 6.92 Å². The van der Waals surface area contributed by atoms with Gasteiger partial charge in [-0.3, -0.25) is 4.99 Å². The van der Waals surface area contributed by atoms with Crippen LogP contribution < -0.4 is 20.1 Å². The Morgan fingerprint density at radius 3 is 2.57 bits per heavy atom. The van der Waals surface area contributed by atoms with Gasteiger partial charge in [0.25, 0.3) is 0 Å². The van der Waals surface area contributed by atoms with E-state index in [0.717, 1.165) is 5.56 Å². The van der Waals surface area contributed by atoms with Gasteiger partial charge >= 0.3 is 6.61 Å². The van der Waals surface area contributed by atoms with Gasteiger partial charge < -0.3 is 24.8 Å². The summed E-state index contributed by atoms with van der Waals surface area (Å²) in [4.78, 5) is 4.09. The summed E-state index contributed by atoms with van der Waals surface area (Å²) in [6.45, 7) is -0.0203. The first-order valence-electron chi connectivity index (χ1n) is 7.08. The highest BCUT2D eigenvalue weighted by Gasteiger charge is 2.12. The third kappa shape index (κ3) is 6.68. The number of alkyl halides is 2. The zero-order chi connectivity index (χ0) is 17.2. The van der Waals surface area contributed by atoms with Crippen LogP contribution in [-0.4, -0.2) is 46.5 Å². The molecular formula is C15H23F2N3O3. The summed E-state index contributed by atoms with van der Waals surface area (Å²) in [5.41, 5.74) is 0.754. The summed E-state index contributed by atoms with van der Waals surface area (Å²) in [6.07, 6.45) is 0. The van der Waals surface area contributed by atoms with Crippen LogP contribution in [0.15, 0.2) is 23.2 Å². The summed E-state index contributed by atoms with van der Waals surface area (Å²) >= 11 is 0. The molecule has 0 aliphatic rings. The molecular weight excluding hydrogens is 308 g/mol. The van der Waals surface area contributed by atoms with Gasteiger partial charge in [-0.25, -0.2) is 0 Å². The highest BCUT2D eigenvalue weighted by atomic mass is 19.3. The number of halogens is 2. The zero-order valence-corrected chi connectivity index (χ0v) is 13.7. The molecule has 23 heavy (non-hydrogen) atoms. The molecule has 130 valence electrons. The van der Waals surface area contributed by atoms with Gasteiger partial charge in [0.15, 0.2) is 17.5 Å². The van der Waals surface area contributed by atoms with E-state index in [0.29, 0.717) is 19.1 Å². The fourth-order valence-electron chi connectivity index (χ4n) is 1.92. The SMILES string of the molecule is CN=C(NCc1ccc(OC)c(OC(F)F)c1)NC(C)COC. The summed E-state index contributed by atoms with van der Waals surface area (Å²) in [5.74, 6) is 0.837. The predicted molar refractivity (Wildman–Crippen MR) is 84.3 cm³/mol. The lowest BCUT2D eigenvalue weighted by Gasteiger charge is -2.17. The molecule has 0 heterocycles. The van der Waals surface area contributed by atoms with Crippen molar-refractivity contribution < 1.29 is 23.0 Å². The minimum absolute atomic E-state index is 0.00232. The maximum atomic E-state index is 12.4. The molecule has 1 rings (SSSR count). The van der Waals surface area contributed by atoms with Crippen molar-refractivity contribution in [1.82, 2.24) is 10.6 Å². The predicted octanol–water partition coefficient (Wildman–Crippen LogP) is 2.00. The number of nitrogens with one attached hydrogen (secondary N) is 2. The molecule has 0 fully saturated rings. The van der Waals surface area contributed by atoms with Crippen LogP contribution >= 0.6 is 0 Å². The van der Waals surface area contributed by atoms with Crippen LogP contribution in [0, 0.1) is 0 Å². The summed E-state index contributed by atoms with van der Waals surface area (Å²) in [7, 11) is 4.67. The first kappa shape index (κ1) is 19.0. The lowest BCUT2D eigenvalue weighted by Crippen LogP contribution is -2.43. The van der Waals surface area contributed by atoms with E-state index in [1.165, 1.54) is 13.2 Å². The molecule has 2 N–H and O–H groups in total. The van der Waals surface area contributed by atoms with Crippen molar-refractivity contribution in [3.05, 3.63) is 23.8 Å². The topological polar surface area (TPSA) is 64.1 Å². The van der Waals surface area contributed by atoms with E-state index in [9.17, 15) is 8.78 Å². The fraction of sp³-hybridized carbons (Fsp3) is 0.533. The first-order chi connectivity index (χ1) is 11.0. The maximum Gasteiger partial charge on any atom is 0.387 e. The Hall–Kier alpha value is -2.09. The van der Waals surface area contributed by atoms with Crippen LogP contribution in [0.1, 0.15) is 12.5 Å². The number of hydrogen-bond donors (Lipinski definition) is 2. The molecule has 0 spiro atoms. The molecule has 0 saturated carbocycles. The second-order valence-corrected chi connectivity index (χ2v) is 4.79. The molecule has 1 aromatic rings. The molecule has 1 aromatic carbocycles. The van der Waals surface area contributed by atoms with Crippen molar-refractivity contribution in [3.63, 3.8) is 0 Å². The third-order valence-electron chi connectivity index (χ3n) is 2.93. The van der Waals surface area contributed by atoms with Gasteiger partial charge in [-0.2, -0.15) is 8.78 Å². The van der Waals surface area contributed by atoms with Crippen LogP contribution in [-0.2, 0) is 11.3 Å². The summed E-state index contributed by atoms with van der Waals surface area (Å²) < 4.78 is 39.3. The normalized spacial score (nSPS) is 12.9. The highest BCUT2D eigenvalue weighted by Crippen LogP contribution is 2.29. The molecule has 6 nitrogen and oxygen atoms in total. The lowest BCUT2D eigenvalue weighted by atomic mass is 10.2. The van der Waals surface area contributed by atoms with Crippen molar-refractivity contribution in [3.8, 4) is 11.5 Å². The fourth-order valence-corrected chi connectivity index (χ4v) is 1.92. The first-order valence-corrected chi connectivity index (χ1v) is 7.08. The van der Waals surface area contributed by atoms with Gasteiger partial charge in [0, 0.05) is 26.7 Å². The van der Waals surface area contributed by atoms with Crippen molar-refractivity contribution in [1.29, 1.82) is 0 Å². The molecule has 0 bridgehead atoms. The van der Waals surface area contributed by atoms with Crippen LogP contribution in [0.5, 0.6) is 11.5 Å². The standard InChI is InChI=1S/C15H23F2N3O3/c1-10(9-21-3)20-15(18-2)19-8-11-5-6-12(22-4)13(7-11)23-14(16)17/h5-7,10,14H,8-9H2,1-4H3,(H2,18,19,20). The van der Waals surface area contributed by atoms with Gasteiger partial charge in [0.1, 0.15) is 0 Å². The Balaban J connectivity index is 2.69. The zero-order valence-electron chi connectivity index (χ0n) is 13.7. The number of hydrogen-bond acceptors (Lipinski definition) is 4. The quantitative estimate of drug-likeness (QED) is 0.563. The Bertz CT molecular complexity index is 513. The second kappa shape index (κ2) is 9.83. The van der Waals surface area contributed by atoms with E-state index in [4.69, 9.17) is 9.47 Å². The average Bonchev–Trinajstić information content (AvgIpc) is 2.51. The molecule has 0 amide bonds. The summed E-state index contributed by atoms with van der Waals surface area (Å²) in [5, 5.41) is 6.24. The van der Waals surface area contributed by atoms with Crippen LogP contribution in [0.3, 0.4) is 0 Å². The Morgan fingerprint density at radius 1 is 1.26 bits per heavy atom.